The molecule has 0 spiro atoms. The molecular formula is C24H22N2OS. The largest absolute Gasteiger partial charge is 0.299 e. The fourth-order valence-corrected chi connectivity index (χ4v) is 4.78. The van der Waals surface area contributed by atoms with Gasteiger partial charge < -0.3 is 0 Å². The molecule has 0 aliphatic carbocycles. The van der Waals surface area contributed by atoms with Crippen LogP contribution in [0.2, 0.25) is 0 Å². The molecule has 3 aromatic carbocycles. The highest BCUT2D eigenvalue weighted by Crippen LogP contribution is 2.28. The average Bonchev–Trinajstić information content (AvgIpc) is 3.17. The lowest BCUT2D eigenvalue weighted by Crippen LogP contribution is -2.02. The van der Waals surface area contributed by atoms with Gasteiger partial charge in [-0.2, -0.15) is 0 Å². The van der Waals surface area contributed by atoms with E-state index in [1.165, 1.54) is 11.1 Å². The van der Waals surface area contributed by atoms with E-state index in [0.29, 0.717) is 0 Å². The summed E-state index contributed by atoms with van der Waals surface area (Å²) in [4.78, 5) is 6.23. The highest BCUT2D eigenvalue weighted by Gasteiger charge is 2.15. The minimum absolute atomic E-state index is 0.780. The normalized spacial score (nSPS) is 12.1. The van der Waals surface area contributed by atoms with Crippen molar-refractivity contribution in [1.29, 1.82) is 0 Å². The summed E-state index contributed by atoms with van der Waals surface area (Å²) in [6.07, 6.45) is 3.79. The van der Waals surface area contributed by atoms with Gasteiger partial charge in [0.25, 0.3) is 0 Å². The van der Waals surface area contributed by atoms with E-state index < -0.39 is 10.8 Å². The third-order valence-corrected chi connectivity index (χ3v) is 6.46. The number of rotatable bonds is 4. The first-order valence-electron chi connectivity index (χ1n) is 9.24. The van der Waals surface area contributed by atoms with E-state index in [1.807, 2.05) is 67.8 Å². The van der Waals surface area contributed by atoms with Crippen LogP contribution in [0.3, 0.4) is 0 Å². The van der Waals surface area contributed by atoms with Crippen LogP contribution in [0.4, 0.5) is 0 Å². The molecule has 0 aliphatic rings. The first-order valence-corrected chi connectivity index (χ1v) is 10.4. The van der Waals surface area contributed by atoms with Crippen molar-refractivity contribution in [1.82, 2.24) is 9.55 Å². The van der Waals surface area contributed by atoms with Gasteiger partial charge in [0.1, 0.15) is 5.82 Å². The van der Waals surface area contributed by atoms with Crippen molar-refractivity contribution in [2.24, 2.45) is 0 Å². The maximum absolute atomic E-state index is 13.1. The molecule has 0 aliphatic heterocycles. The average molecular weight is 387 g/mol. The van der Waals surface area contributed by atoms with E-state index in [0.717, 1.165) is 32.4 Å². The topological polar surface area (TPSA) is 34.9 Å². The molecule has 0 fully saturated rings. The van der Waals surface area contributed by atoms with Crippen LogP contribution >= 0.6 is 0 Å². The maximum Gasteiger partial charge on any atom is 0.144 e. The van der Waals surface area contributed by atoms with Gasteiger partial charge in [-0.05, 0) is 55.7 Å². The molecule has 4 heteroatoms. The summed E-state index contributed by atoms with van der Waals surface area (Å²) in [6.45, 7) is 6.20. The smallest absolute Gasteiger partial charge is 0.144 e. The lowest BCUT2D eigenvalue weighted by Gasteiger charge is -2.14. The Kier molecular flexibility index (Phi) is 4.97. The molecule has 3 nitrogen and oxygen atoms in total. The summed E-state index contributed by atoms with van der Waals surface area (Å²) >= 11 is 0. The Bertz CT molecular complexity index is 1160. The van der Waals surface area contributed by atoms with Crippen molar-refractivity contribution in [2.45, 2.75) is 30.6 Å². The van der Waals surface area contributed by atoms with Gasteiger partial charge in [0.15, 0.2) is 0 Å². The molecular weight excluding hydrogens is 364 g/mol. The number of aromatic nitrogens is 2. The van der Waals surface area contributed by atoms with Crippen molar-refractivity contribution in [3.05, 3.63) is 95.8 Å². The summed E-state index contributed by atoms with van der Waals surface area (Å²) in [7, 11) is -1.23. The fraction of sp³-hybridized carbons (Fsp3) is 0.125. The van der Waals surface area contributed by atoms with Crippen LogP contribution in [-0.2, 0) is 10.8 Å². The van der Waals surface area contributed by atoms with Crippen LogP contribution in [0.25, 0.3) is 17.1 Å². The zero-order valence-corrected chi connectivity index (χ0v) is 17.0. The number of hydrogen-bond acceptors (Lipinski definition) is 2. The maximum atomic E-state index is 13.1. The molecule has 1 heterocycles. The summed E-state index contributed by atoms with van der Waals surface area (Å²) in [5.74, 6) is 0.848. The molecule has 0 N–H and O–H groups in total. The summed E-state index contributed by atoms with van der Waals surface area (Å²) in [5.41, 5.74) is 5.51. The van der Waals surface area contributed by atoms with Gasteiger partial charge in [-0.15, -0.1) is 0 Å². The van der Waals surface area contributed by atoms with E-state index in [9.17, 15) is 4.21 Å². The summed E-state index contributed by atoms with van der Waals surface area (Å²) < 4.78 is 15.2. The predicted molar refractivity (Wildman–Crippen MR) is 114 cm³/mol. The molecule has 140 valence electrons. The van der Waals surface area contributed by atoms with Crippen LogP contribution in [-0.4, -0.2) is 13.8 Å². The number of imidazole rings is 1. The Hall–Kier alpha value is -2.98. The number of aryl methyl sites for hydroxylation is 3. The van der Waals surface area contributed by atoms with Crippen molar-refractivity contribution >= 4 is 10.8 Å². The SMILES string of the molecule is Cc1ccccc1S(=O)c1cccc(-c2nccn2-c2c(C)cccc2C)c1. The molecule has 28 heavy (non-hydrogen) atoms. The van der Waals surface area contributed by atoms with Crippen LogP contribution in [0.5, 0.6) is 0 Å². The van der Waals surface area contributed by atoms with E-state index in [2.05, 4.69) is 41.6 Å². The standard InChI is InChI=1S/C24H22N2OS/c1-17-8-4-5-13-22(17)28(27)21-12-7-11-20(16-21)24-25-14-15-26(24)23-18(2)9-6-10-19(23)3/h4-16H,1-3H3. The number of nitrogens with zero attached hydrogens (tertiary/aromatic N) is 2. The van der Waals surface area contributed by atoms with Crippen LogP contribution in [0, 0.1) is 20.8 Å². The quantitative estimate of drug-likeness (QED) is 0.455. The van der Waals surface area contributed by atoms with Crippen molar-refractivity contribution < 1.29 is 4.21 Å². The minimum Gasteiger partial charge on any atom is -0.299 e. The van der Waals surface area contributed by atoms with E-state index in [-0.39, 0.29) is 0 Å². The molecule has 0 amide bonds. The third-order valence-electron chi connectivity index (χ3n) is 4.92. The molecule has 1 atom stereocenters. The van der Waals surface area contributed by atoms with Crippen molar-refractivity contribution in [3.8, 4) is 17.1 Å². The number of hydrogen-bond donors (Lipinski definition) is 0. The highest BCUT2D eigenvalue weighted by atomic mass is 32.2. The Balaban J connectivity index is 1.79. The highest BCUT2D eigenvalue weighted by molar-refractivity contribution is 7.85. The first kappa shape index (κ1) is 18.4. The molecule has 0 saturated heterocycles. The molecule has 0 bridgehead atoms. The van der Waals surface area contributed by atoms with Crippen LogP contribution in [0.1, 0.15) is 16.7 Å². The first-order chi connectivity index (χ1) is 13.6. The number of benzene rings is 3. The molecule has 0 saturated carbocycles. The van der Waals surface area contributed by atoms with Gasteiger partial charge in [-0.25, -0.2) is 9.19 Å². The summed E-state index contributed by atoms with van der Waals surface area (Å²) in [5, 5.41) is 0. The molecule has 0 radical (unpaired) electrons. The lowest BCUT2D eigenvalue weighted by molar-refractivity contribution is 0.682. The second-order valence-corrected chi connectivity index (χ2v) is 8.37. The molecule has 4 rings (SSSR count). The van der Waals surface area contributed by atoms with Crippen LogP contribution < -0.4 is 0 Å². The Morgan fingerprint density at radius 1 is 0.821 bits per heavy atom. The minimum atomic E-state index is -1.23. The zero-order chi connectivity index (χ0) is 19.7. The van der Waals surface area contributed by atoms with E-state index in [4.69, 9.17) is 0 Å². The molecule has 1 unspecified atom stereocenters. The van der Waals surface area contributed by atoms with E-state index in [1.54, 1.807) is 0 Å². The Morgan fingerprint density at radius 3 is 2.25 bits per heavy atom. The fourth-order valence-electron chi connectivity index (χ4n) is 3.53. The summed E-state index contributed by atoms with van der Waals surface area (Å²) in [6, 6.07) is 22.0. The van der Waals surface area contributed by atoms with E-state index >= 15 is 0 Å². The predicted octanol–water partition coefficient (Wildman–Crippen LogP) is 5.63. The Labute approximate surface area is 168 Å². The lowest BCUT2D eigenvalue weighted by atomic mass is 10.1. The van der Waals surface area contributed by atoms with Gasteiger partial charge in [-0.1, -0.05) is 48.5 Å². The van der Waals surface area contributed by atoms with Crippen molar-refractivity contribution in [3.63, 3.8) is 0 Å². The van der Waals surface area contributed by atoms with Gasteiger partial charge in [0, 0.05) is 27.7 Å². The number of para-hydroxylation sites is 1. The van der Waals surface area contributed by atoms with Gasteiger partial charge in [0.05, 0.1) is 16.5 Å². The second kappa shape index (κ2) is 7.56. The van der Waals surface area contributed by atoms with Gasteiger partial charge >= 0.3 is 0 Å². The van der Waals surface area contributed by atoms with Crippen LogP contribution in [0.15, 0.2) is 88.9 Å². The monoisotopic (exact) mass is 386 g/mol. The van der Waals surface area contributed by atoms with Crippen molar-refractivity contribution in [2.75, 3.05) is 0 Å². The van der Waals surface area contributed by atoms with Gasteiger partial charge in [0.2, 0.25) is 0 Å². The zero-order valence-electron chi connectivity index (χ0n) is 16.2. The van der Waals surface area contributed by atoms with Gasteiger partial charge in [-0.3, -0.25) is 4.57 Å². The Morgan fingerprint density at radius 2 is 1.50 bits per heavy atom. The second-order valence-electron chi connectivity index (χ2n) is 6.92. The molecule has 4 aromatic rings. The third kappa shape index (κ3) is 3.32. The molecule has 1 aromatic heterocycles.